The Labute approximate surface area is 107 Å². The first-order valence-electron chi connectivity index (χ1n) is 6.15. The molecule has 18 heavy (non-hydrogen) atoms. The van der Waals surface area contributed by atoms with Gasteiger partial charge in [-0.25, -0.2) is 0 Å². The molecule has 5 heteroatoms. The van der Waals surface area contributed by atoms with Crippen LogP contribution in [-0.2, 0) is 4.74 Å². The summed E-state index contributed by atoms with van der Waals surface area (Å²) >= 11 is 0. The fourth-order valence-electron chi connectivity index (χ4n) is 2.41. The Morgan fingerprint density at radius 1 is 1.33 bits per heavy atom. The third kappa shape index (κ3) is 2.28. The number of aryl methyl sites for hydroxylation is 2. The van der Waals surface area contributed by atoms with Crippen molar-refractivity contribution >= 4 is 5.91 Å². The number of hydrogen-bond acceptors (Lipinski definition) is 4. The highest BCUT2D eigenvalue weighted by Crippen LogP contribution is 2.20. The summed E-state index contributed by atoms with van der Waals surface area (Å²) < 4.78 is 10.8. The molecule has 2 atom stereocenters. The molecule has 1 aliphatic heterocycles. The quantitative estimate of drug-likeness (QED) is 0.839. The Morgan fingerprint density at radius 3 is 2.61 bits per heavy atom. The van der Waals surface area contributed by atoms with E-state index in [9.17, 15) is 4.79 Å². The SMILES string of the molecule is CO[C@H]1CNCC1NC(=O)c1c(C)oc(C)c1C. The lowest BCUT2D eigenvalue weighted by molar-refractivity contribution is 0.0778. The molecule has 1 aliphatic rings. The molecule has 0 radical (unpaired) electrons. The monoisotopic (exact) mass is 252 g/mol. The maximum Gasteiger partial charge on any atom is 0.255 e. The van der Waals surface area contributed by atoms with Gasteiger partial charge in [0.1, 0.15) is 11.5 Å². The van der Waals surface area contributed by atoms with E-state index >= 15 is 0 Å². The highest BCUT2D eigenvalue weighted by atomic mass is 16.5. The minimum atomic E-state index is -0.0856. The molecular formula is C13H20N2O3. The van der Waals surface area contributed by atoms with Gasteiger partial charge in [0.25, 0.3) is 5.91 Å². The van der Waals surface area contributed by atoms with Gasteiger partial charge in [0, 0.05) is 25.8 Å². The van der Waals surface area contributed by atoms with E-state index in [1.807, 2.05) is 20.8 Å². The van der Waals surface area contributed by atoms with Crippen LogP contribution in [0.4, 0.5) is 0 Å². The molecule has 2 heterocycles. The van der Waals surface area contributed by atoms with Gasteiger partial charge in [-0.05, 0) is 20.8 Å². The van der Waals surface area contributed by atoms with Crippen LogP contribution in [0.1, 0.15) is 27.4 Å². The van der Waals surface area contributed by atoms with Crippen molar-refractivity contribution in [1.29, 1.82) is 0 Å². The van der Waals surface area contributed by atoms with E-state index in [4.69, 9.17) is 9.15 Å². The number of nitrogens with one attached hydrogen (secondary N) is 2. The van der Waals surface area contributed by atoms with Gasteiger partial charge in [-0.15, -0.1) is 0 Å². The fourth-order valence-corrected chi connectivity index (χ4v) is 2.41. The van der Waals surface area contributed by atoms with Crippen LogP contribution in [0, 0.1) is 20.8 Å². The maximum atomic E-state index is 12.3. The van der Waals surface area contributed by atoms with Crippen molar-refractivity contribution in [2.24, 2.45) is 0 Å². The van der Waals surface area contributed by atoms with Crippen LogP contribution >= 0.6 is 0 Å². The van der Waals surface area contributed by atoms with E-state index < -0.39 is 0 Å². The molecule has 1 aromatic heterocycles. The molecule has 2 rings (SSSR count). The molecule has 2 N–H and O–H groups in total. The Balaban J connectivity index is 2.12. The molecule has 0 aromatic carbocycles. The van der Waals surface area contributed by atoms with E-state index in [0.29, 0.717) is 11.3 Å². The summed E-state index contributed by atoms with van der Waals surface area (Å²) in [5.41, 5.74) is 1.55. The maximum absolute atomic E-state index is 12.3. The summed E-state index contributed by atoms with van der Waals surface area (Å²) in [5, 5.41) is 6.21. The number of methoxy groups -OCH3 is 1. The van der Waals surface area contributed by atoms with Gasteiger partial charge in [0.15, 0.2) is 0 Å². The minimum absolute atomic E-state index is 0.0107. The Hall–Kier alpha value is -1.33. The number of hydrogen-bond donors (Lipinski definition) is 2. The number of ether oxygens (including phenoxy) is 1. The summed E-state index contributed by atoms with van der Waals surface area (Å²) in [4.78, 5) is 12.3. The zero-order chi connectivity index (χ0) is 13.3. The molecule has 5 nitrogen and oxygen atoms in total. The number of rotatable bonds is 3. The third-order valence-corrected chi connectivity index (χ3v) is 3.57. The molecular weight excluding hydrogens is 232 g/mol. The van der Waals surface area contributed by atoms with Crippen LogP contribution in [0.3, 0.4) is 0 Å². The smallest absolute Gasteiger partial charge is 0.255 e. The average molecular weight is 252 g/mol. The topological polar surface area (TPSA) is 63.5 Å². The van der Waals surface area contributed by atoms with Crippen molar-refractivity contribution in [3.8, 4) is 0 Å². The van der Waals surface area contributed by atoms with Crippen molar-refractivity contribution in [1.82, 2.24) is 10.6 Å². The molecule has 0 spiro atoms. The lowest BCUT2D eigenvalue weighted by Gasteiger charge is -2.18. The summed E-state index contributed by atoms with van der Waals surface area (Å²) in [7, 11) is 1.66. The van der Waals surface area contributed by atoms with Crippen molar-refractivity contribution in [3.05, 3.63) is 22.6 Å². The van der Waals surface area contributed by atoms with E-state index in [1.54, 1.807) is 7.11 Å². The van der Waals surface area contributed by atoms with Crippen LogP contribution in [-0.4, -0.2) is 38.3 Å². The average Bonchev–Trinajstić information content (AvgIpc) is 2.85. The molecule has 0 bridgehead atoms. The van der Waals surface area contributed by atoms with Crippen molar-refractivity contribution in [2.75, 3.05) is 20.2 Å². The van der Waals surface area contributed by atoms with Gasteiger partial charge >= 0.3 is 0 Å². The largest absolute Gasteiger partial charge is 0.466 e. The highest BCUT2D eigenvalue weighted by Gasteiger charge is 2.30. The molecule has 100 valence electrons. The van der Waals surface area contributed by atoms with E-state index in [2.05, 4.69) is 10.6 Å². The molecule has 1 unspecified atom stereocenters. The van der Waals surface area contributed by atoms with Gasteiger partial charge in [0.2, 0.25) is 0 Å². The predicted octanol–water partition coefficient (Wildman–Crippen LogP) is 0.921. The second-order valence-corrected chi connectivity index (χ2v) is 4.73. The summed E-state index contributed by atoms with van der Waals surface area (Å²) in [6.45, 7) is 7.09. The summed E-state index contributed by atoms with van der Waals surface area (Å²) in [6.07, 6.45) is 0.0301. The van der Waals surface area contributed by atoms with Gasteiger partial charge in [-0.3, -0.25) is 4.79 Å². The molecule has 0 aliphatic carbocycles. The molecule has 1 aromatic rings. The van der Waals surface area contributed by atoms with E-state index in [0.717, 1.165) is 24.4 Å². The molecule has 1 fully saturated rings. The normalized spacial score (nSPS) is 23.3. The van der Waals surface area contributed by atoms with E-state index in [1.165, 1.54) is 0 Å². The first kappa shape index (κ1) is 13.1. The van der Waals surface area contributed by atoms with Crippen LogP contribution in [0.25, 0.3) is 0 Å². The van der Waals surface area contributed by atoms with Gasteiger partial charge in [0.05, 0.1) is 17.7 Å². The van der Waals surface area contributed by atoms with E-state index in [-0.39, 0.29) is 18.1 Å². The van der Waals surface area contributed by atoms with Crippen LogP contribution in [0.5, 0.6) is 0 Å². The lowest BCUT2D eigenvalue weighted by Crippen LogP contribution is -2.43. The number of amides is 1. The first-order chi connectivity index (χ1) is 8.54. The predicted molar refractivity (Wildman–Crippen MR) is 67.8 cm³/mol. The van der Waals surface area contributed by atoms with Crippen molar-refractivity contribution in [3.63, 3.8) is 0 Å². The summed E-state index contributed by atoms with van der Waals surface area (Å²) in [6, 6.07) is 0.0107. The molecule has 0 saturated carbocycles. The number of carbonyl (C=O) groups excluding carboxylic acids is 1. The Bertz CT molecular complexity index is 453. The summed E-state index contributed by atoms with van der Waals surface area (Å²) in [5.74, 6) is 1.38. The van der Waals surface area contributed by atoms with Gasteiger partial charge in [-0.2, -0.15) is 0 Å². The Kier molecular flexibility index (Phi) is 3.73. The Morgan fingerprint density at radius 2 is 2.06 bits per heavy atom. The zero-order valence-corrected chi connectivity index (χ0v) is 11.3. The lowest BCUT2D eigenvalue weighted by atomic mass is 10.1. The zero-order valence-electron chi connectivity index (χ0n) is 11.3. The molecule has 1 amide bonds. The third-order valence-electron chi connectivity index (χ3n) is 3.57. The second-order valence-electron chi connectivity index (χ2n) is 4.73. The fraction of sp³-hybridized carbons (Fsp3) is 0.615. The standard InChI is InChI=1S/C13H20N2O3/c1-7-8(2)18-9(3)12(7)13(16)15-10-5-14-6-11(10)17-4/h10-11,14H,5-6H2,1-4H3,(H,15,16)/t10?,11-/m0/s1. The second kappa shape index (κ2) is 5.12. The van der Waals surface area contributed by atoms with Crippen LogP contribution in [0.2, 0.25) is 0 Å². The number of carbonyl (C=O) groups is 1. The van der Waals surface area contributed by atoms with Crippen molar-refractivity contribution < 1.29 is 13.9 Å². The molecule has 1 saturated heterocycles. The number of furan rings is 1. The van der Waals surface area contributed by atoms with Crippen LogP contribution < -0.4 is 10.6 Å². The minimum Gasteiger partial charge on any atom is -0.466 e. The van der Waals surface area contributed by atoms with Gasteiger partial charge < -0.3 is 19.8 Å². The first-order valence-corrected chi connectivity index (χ1v) is 6.15. The van der Waals surface area contributed by atoms with Gasteiger partial charge in [-0.1, -0.05) is 0 Å². The highest BCUT2D eigenvalue weighted by molar-refractivity contribution is 5.97. The van der Waals surface area contributed by atoms with Crippen LogP contribution in [0.15, 0.2) is 4.42 Å². The van der Waals surface area contributed by atoms with Crippen molar-refractivity contribution in [2.45, 2.75) is 32.9 Å².